The van der Waals surface area contributed by atoms with Crippen LogP contribution in [-0.2, 0) is 9.53 Å². The minimum absolute atomic E-state index is 0.0648. The van der Waals surface area contributed by atoms with Crippen molar-refractivity contribution in [3.05, 3.63) is 34.9 Å². The molecular formula is C13H19ClN2O2. The van der Waals surface area contributed by atoms with Crippen molar-refractivity contribution in [3.8, 4) is 0 Å². The third kappa shape index (κ3) is 4.64. The van der Waals surface area contributed by atoms with E-state index in [2.05, 4.69) is 5.32 Å². The number of amides is 1. The number of ether oxygens (including phenoxy) is 1. The highest BCUT2D eigenvalue weighted by molar-refractivity contribution is 6.30. The number of benzene rings is 1. The molecule has 0 radical (unpaired) electrons. The molecule has 0 aliphatic heterocycles. The summed E-state index contributed by atoms with van der Waals surface area (Å²) in [7, 11) is 1.55. The number of nitrogens with one attached hydrogen (secondary N) is 1. The second-order valence-electron chi connectivity index (χ2n) is 4.14. The first-order chi connectivity index (χ1) is 8.56. The Morgan fingerprint density at radius 2 is 2.06 bits per heavy atom. The monoisotopic (exact) mass is 270 g/mol. The molecule has 1 rings (SSSR count). The number of rotatable bonds is 6. The third-order valence-electron chi connectivity index (χ3n) is 2.76. The first-order valence-electron chi connectivity index (χ1n) is 5.84. The van der Waals surface area contributed by atoms with Gasteiger partial charge in [-0.05, 0) is 24.6 Å². The SMILES string of the molecule is COC(CN)CC(=O)NC(C)c1ccc(Cl)cc1. The van der Waals surface area contributed by atoms with Crippen LogP contribution in [0.3, 0.4) is 0 Å². The van der Waals surface area contributed by atoms with Gasteiger partial charge in [0.15, 0.2) is 0 Å². The quantitative estimate of drug-likeness (QED) is 0.830. The molecule has 0 heterocycles. The van der Waals surface area contributed by atoms with Crippen LogP contribution in [-0.4, -0.2) is 25.7 Å². The third-order valence-corrected chi connectivity index (χ3v) is 3.01. The van der Waals surface area contributed by atoms with Gasteiger partial charge in [0, 0.05) is 18.7 Å². The summed E-state index contributed by atoms with van der Waals surface area (Å²) >= 11 is 5.81. The Balaban J connectivity index is 2.51. The fourth-order valence-corrected chi connectivity index (χ4v) is 1.73. The van der Waals surface area contributed by atoms with Crippen molar-refractivity contribution in [3.63, 3.8) is 0 Å². The number of methoxy groups -OCH3 is 1. The molecule has 0 fully saturated rings. The first-order valence-corrected chi connectivity index (χ1v) is 6.22. The lowest BCUT2D eigenvalue weighted by Gasteiger charge is -2.17. The Kier molecular flexibility index (Phi) is 6.12. The standard InChI is InChI=1S/C13H19ClN2O2/c1-9(10-3-5-11(14)6-4-10)16-13(17)7-12(8-15)18-2/h3-6,9,12H,7-8,15H2,1-2H3,(H,16,17). The van der Waals surface area contributed by atoms with E-state index < -0.39 is 0 Å². The maximum Gasteiger partial charge on any atom is 0.223 e. The summed E-state index contributed by atoms with van der Waals surface area (Å²) in [5, 5.41) is 3.58. The van der Waals surface area contributed by atoms with E-state index in [0.29, 0.717) is 11.6 Å². The second-order valence-corrected chi connectivity index (χ2v) is 4.57. The molecular weight excluding hydrogens is 252 g/mol. The molecule has 0 bridgehead atoms. The van der Waals surface area contributed by atoms with Crippen molar-refractivity contribution in [1.82, 2.24) is 5.32 Å². The Labute approximate surface area is 112 Å². The van der Waals surface area contributed by atoms with Crippen molar-refractivity contribution < 1.29 is 9.53 Å². The summed E-state index contributed by atoms with van der Waals surface area (Å²) in [6.45, 7) is 2.25. The maximum absolute atomic E-state index is 11.7. The normalized spacial score (nSPS) is 14.0. The van der Waals surface area contributed by atoms with Crippen molar-refractivity contribution >= 4 is 17.5 Å². The molecule has 0 saturated heterocycles. The summed E-state index contributed by atoms with van der Waals surface area (Å²) in [6.07, 6.45) is 0.0349. The van der Waals surface area contributed by atoms with E-state index in [9.17, 15) is 4.79 Å². The van der Waals surface area contributed by atoms with Gasteiger partial charge in [0.05, 0.1) is 18.6 Å². The van der Waals surface area contributed by atoms with Crippen LogP contribution in [0.25, 0.3) is 0 Å². The van der Waals surface area contributed by atoms with Gasteiger partial charge in [0.25, 0.3) is 0 Å². The Bertz CT molecular complexity index is 377. The van der Waals surface area contributed by atoms with E-state index in [1.165, 1.54) is 0 Å². The molecule has 0 aliphatic carbocycles. The molecule has 0 saturated carbocycles. The van der Waals surface area contributed by atoms with Gasteiger partial charge in [-0.2, -0.15) is 0 Å². The van der Waals surface area contributed by atoms with E-state index in [0.717, 1.165) is 5.56 Å². The average molecular weight is 271 g/mol. The highest BCUT2D eigenvalue weighted by atomic mass is 35.5. The molecule has 18 heavy (non-hydrogen) atoms. The van der Waals surface area contributed by atoms with E-state index in [1.54, 1.807) is 19.2 Å². The number of nitrogens with two attached hydrogens (primary N) is 1. The summed E-state index contributed by atoms with van der Waals surface area (Å²) < 4.78 is 5.07. The van der Waals surface area contributed by atoms with E-state index in [1.807, 2.05) is 19.1 Å². The zero-order valence-corrected chi connectivity index (χ0v) is 11.4. The highest BCUT2D eigenvalue weighted by Crippen LogP contribution is 2.16. The van der Waals surface area contributed by atoms with Gasteiger partial charge >= 0.3 is 0 Å². The summed E-state index contributed by atoms with van der Waals surface area (Å²) in [4.78, 5) is 11.7. The number of hydrogen-bond donors (Lipinski definition) is 2. The molecule has 100 valence electrons. The number of carbonyl (C=O) groups is 1. The highest BCUT2D eigenvalue weighted by Gasteiger charge is 2.14. The molecule has 5 heteroatoms. The molecule has 2 unspecified atom stereocenters. The Morgan fingerprint density at radius 3 is 2.56 bits per heavy atom. The molecule has 1 aromatic rings. The van der Waals surface area contributed by atoms with Crippen LogP contribution in [0.15, 0.2) is 24.3 Å². The molecule has 1 aromatic carbocycles. The molecule has 3 N–H and O–H groups in total. The van der Waals surface area contributed by atoms with Gasteiger partial charge in [-0.15, -0.1) is 0 Å². The topological polar surface area (TPSA) is 64.3 Å². The molecule has 1 amide bonds. The van der Waals surface area contributed by atoms with Crippen molar-refractivity contribution in [2.24, 2.45) is 5.73 Å². The van der Waals surface area contributed by atoms with Crippen molar-refractivity contribution in [1.29, 1.82) is 0 Å². The smallest absolute Gasteiger partial charge is 0.223 e. The molecule has 0 aromatic heterocycles. The van der Waals surface area contributed by atoms with E-state index in [4.69, 9.17) is 22.1 Å². The maximum atomic E-state index is 11.7. The molecule has 0 aliphatic rings. The summed E-state index contributed by atoms with van der Waals surface area (Å²) in [6, 6.07) is 7.33. The van der Waals surface area contributed by atoms with Gasteiger partial charge in [0.1, 0.15) is 0 Å². The fraction of sp³-hybridized carbons (Fsp3) is 0.462. The summed E-state index contributed by atoms with van der Waals surface area (Å²) in [5.74, 6) is -0.0743. The minimum atomic E-state index is -0.234. The van der Waals surface area contributed by atoms with Gasteiger partial charge < -0.3 is 15.8 Å². The van der Waals surface area contributed by atoms with E-state index >= 15 is 0 Å². The molecule has 4 nitrogen and oxygen atoms in total. The Morgan fingerprint density at radius 1 is 1.44 bits per heavy atom. The van der Waals surface area contributed by atoms with Gasteiger partial charge in [0.2, 0.25) is 5.91 Å². The van der Waals surface area contributed by atoms with Gasteiger partial charge in [-0.1, -0.05) is 23.7 Å². The van der Waals surface area contributed by atoms with Crippen LogP contribution >= 0.6 is 11.6 Å². The zero-order chi connectivity index (χ0) is 13.5. The average Bonchev–Trinajstić information content (AvgIpc) is 2.36. The zero-order valence-electron chi connectivity index (χ0n) is 10.7. The lowest BCUT2D eigenvalue weighted by atomic mass is 10.1. The second kappa shape index (κ2) is 7.36. The van der Waals surface area contributed by atoms with Crippen LogP contribution in [0.5, 0.6) is 0 Å². The summed E-state index contributed by atoms with van der Waals surface area (Å²) in [5.41, 5.74) is 6.48. The predicted octanol–water partition coefficient (Wildman–Crippen LogP) is 1.88. The molecule has 2 atom stereocenters. The first kappa shape index (κ1) is 15.0. The molecule has 0 spiro atoms. The van der Waals surface area contributed by atoms with Gasteiger partial charge in [-0.25, -0.2) is 0 Å². The van der Waals surface area contributed by atoms with Gasteiger partial charge in [-0.3, -0.25) is 4.79 Å². The van der Waals surface area contributed by atoms with Crippen LogP contribution < -0.4 is 11.1 Å². The predicted molar refractivity (Wildman–Crippen MR) is 72.5 cm³/mol. The number of carbonyl (C=O) groups excluding carboxylic acids is 1. The minimum Gasteiger partial charge on any atom is -0.380 e. The van der Waals surface area contributed by atoms with Crippen LogP contribution in [0, 0.1) is 0 Å². The lowest BCUT2D eigenvalue weighted by Crippen LogP contribution is -2.33. The van der Waals surface area contributed by atoms with Crippen molar-refractivity contribution in [2.75, 3.05) is 13.7 Å². The fourth-order valence-electron chi connectivity index (χ4n) is 1.60. The number of halogens is 1. The van der Waals surface area contributed by atoms with Crippen molar-refractivity contribution in [2.45, 2.75) is 25.5 Å². The van der Waals surface area contributed by atoms with E-state index in [-0.39, 0.29) is 24.5 Å². The largest absolute Gasteiger partial charge is 0.380 e. The Hall–Kier alpha value is -1.10. The number of hydrogen-bond acceptors (Lipinski definition) is 3. The van der Waals surface area contributed by atoms with Crippen LogP contribution in [0.1, 0.15) is 24.9 Å². The van der Waals surface area contributed by atoms with Crippen LogP contribution in [0.2, 0.25) is 5.02 Å². The van der Waals surface area contributed by atoms with Crippen LogP contribution in [0.4, 0.5) is 0 Å². The lowest BCUT2D eigenvalue weighted by molar-refractivity contribution is -0.124.